The van der Waals surface area contributed by atoms with Crippen molar-refractivity contribution in [3.63, 3.8) is 0 Å². The Balaban J connectivity index is 1.54. The first-order valence-corrected chi connectivity index (χ1v) is 10.3. The van der Waals surface area contributed by atoms with Crippen molar-refractivity contribution in [1.29, 1.82) is 0 Å². The van der Waals surface area contributed by atoms with Gasteiger partial charge in [-0.1, -0.05) is 0 Å². The van der Waals surface area contributed by atoms with E-state index in [9.17, 15) is 9.18 Å². The summed E-state index contributed by atoms with van der Waals surface area (Å²) in [4.78, 5) is 15.5. The molecule has 0 aliphatic carbocycles. The molecule has 0 radical (unpaired) electrons. The molecule has 1 aliphatic heterocycles. The molecule has 1 fully saturated rings. The predicted molar refractivity (Wildman–Crippen MR) is 120 cm³/mol. The van der Waals surface area contributed by atoms with Crippen LogP contribution in [0.3, 0.4) is 0 Å². The maximum atomic E-state index is 14.4. The molecule has 4 heterocycles. The zero-order chi connectivity index (χ0) is 21.9. The van der Waals surface area contributed by atoms with Gasteiger partial charge in [-0.2, -0.15) is 10.2 Å². The Morgan fingerprint density at radius 2 is 1.90 bits per heavy atom. The van der Waals surface area contributed by atoms with Crippen molar-refractivity contribution in [1.82, 2.24) is 29.9 Å². The maximum absolute atomic E-state index is 14.4. The minimum absolute atomic E-state index is 0.162. The Labute approximate surface area is 177 Å². The molecule has 3 aromatic heterocycles. The highest BCUT2D eigenvalue weighted by Gasteiger charge is 2.24. The zero-order valence-corrected chi connectivity index (χ0v) is 17.9. The summed E-state index contributed by atoms with van der Waals surface area (Å²) in [6.45, 7) is 5.89. The molecule has 0 amide bonds. The molecule has 3 N–H and O–H groups in total. The third kappa shape index (κ3) is 3.32. The average molecular weight is 424 g/mol. The number of H-pyrrole nitrogens is 1. The number of nitrogens with zero attached hydrogens (tertiary/aromatic N) is 5. The van der Waals surface area contributed by atoms with E-state index >= 15 is 0 Å². The zero-order valence-electron chi connectivity index (χ0n) is 17.9. The van der Waals surface area contributed by atoms with Gasteiger partial charge in [0, 0.05) is 62.6 Å². The summed E-state index contributed by atoms with van der Waals surface area (Å²) in [5.41, 5.74) is 1.29. The lowest BCUT2D eigenvalue weighted by atomic mass is 10.1. The van der Waals surface area contributed by atoms with E-state index < -0.39 is 5.82 Å². The fourth-order valence-corrected chi connectivity index (χ4v) is 4.50. The van der Waals surface area contributed by atoms with Gasteiger partial charge in [-0.15, -0.1) is 0 Å². The van der Waals surface area contributed by atoms with E-state index in [1.807, 2.05) is 6.07 Å². The van der Waals surface area contributed by atoms with Crippen molar-refractivity contribution in [3.8, 4) is 0 Å². The molecule has 0 unspecified atom stereocenters. The lowest BCUT2D eigenvalue weighted by Gasteiger charge is -2.38. The van der Waals surface area contributed by atoms with Gasteiger partial charge in [0.1, 0.15) is 16.7 Å². The monoisotopic (exact) mass is 424 g/mol. The molecule has 1 aromatic carbocycles. The molecule has 0 saturated carbocycles. The fraction of sp³-hybridized carbons (Fsp3) is 0.381. The Morgan fingerprint density at radius 1 is 1.16 bits per heavy atom. The van der Waals surface area contributed by atoms with Gasteiger partial charge in [0.25, 0.3) is 5.56 Å². The predicted octanol–water partition coefficient (Wildman–Crippen LogP) is 2.22. The SMILES string of the molecule is C[C@H]1CN(c2cc3[nH]nc(Nc4cc(F)c5nn(C)cc5c4)c3c(=O)n2C)C[C@H](C)N1. The van der Waals surface area contributed by atoms with Crippen LogP contribution in [-0.2, 0) is 14.1 Å². The van der Waals surface area contributed by atoms with E-state index in [1.54, 1.807) is 35.6 Å². The normalized spacial score (nSPS) is 19.5. The van der Waals surface area contributed by atoms with E-state index in [0.29, 0.717) is 45.4 Å². The maximum Gasteiger partial charge on any atom is 0.265 e. The Bertz CT molecular complexity index is 1340. The van der Waals surface area contributed by atoms with Crippen molar-refractivity contribution in [2.45, 2.75) is 25.9 Å². The largest absolute Gasteiger partial charge is 0.355 e. The molecule has 2 atom stereocenters. The number of nitrogens with one attached hydrogen (secondary N) is 3. The molecule has 31 heavy (non-hydrogen) atoms. The highest BCUT2D eigenvalue weighted by molar-refractivity contribution is 5.93. The third-order valence-corrected chi connectivity index (χ3v) is 5.75. The Kier molecular flexibility index (Phi) is 4.47. The standard InChI is InChI=1S/C21H25FN8O/c1-11-8-30(9-12(2)23-11)17-7-16-18(21(31)29(17)4)20(26-25-16)24-14-5-13-10-28(3)27-19(13)15(22)6-14/h5-7,10-12,23H,8-9H2,1-4H3,(H2,24,25,26)/t11-,12-/m0/s1. The van der Waals surface area contributed by atoms with Crippen LogP contribution >= 0.6 is 0 Å². The molecule has 0 spiro atoms. The third-order valence-electron chi connectivity index (χ3n) is 5.75. The molecule has 1 saturated heterocycles. The van der Waals surface area contributed by atoms with Crippen LogP contribution in [0.25, 0.3) is 21.8 Å². The highest BCUT2D eigenvalue weighted by Crippen LogP contribution is 2.28. The van der Waals surface area contributed by atoms with E-state index in [1.165, 1.54) is 6.07 Å². The summed E-state index contributed by atoms with van der Waals surface area (Å²) in [7, 11) is 3.52. The van der Waals surface area contributed by atoms with Crippen molar-refractivity contribution in [2.24, 2.45) is 14.1 Å². The van der Waals surface area contributed by atoms with E-state index in [0.717, 1.165) is 18.9 Å². The summed E-state index contributed by atoms with van der Waals surface area (Å²) < 4.78 is 17.7. The van der Waals surface area contributed by atoms with Crippen molar-refractivity contribution in [3.05, 3.63) is 40.6 Å². The second kappa shape index (κ2) is 7.09. The number of fused-ring (bicyclic) bond motifs is 2. The quantitative estimate of drug-likeness (QED) is 0.467. The number of rotatable bonds is 3. The van der Waals surface area contributed by atoms with Crippen LogP contribution in [0.2, 0.25) is 0 Å². The van der Waals surface area contributed by atoms with E-state index in [4.69, 9.17) is 0 Å². The van der Waals surface area contributed by atoms with Gasteiger partial charge in [-0.25, -0.2) is 4.39 Å². The number of aryl methyl sites for hydroxylation is 1. The smallest absolute Gasteiger partial charge is 0.265 e. The van der Waals surface area contributed by atoms with Crippen molar-refractivity contribution >= 4 is 39.1 Å². The number of aromatic nitrogens is 5. The summed E-state index contributed by atoms with van der Waals surface area (Å²) >= 11 is 0. The number of benzene rings is 1. The van der Waals surface area contributed by atoms with Gasteiger partial charge in [0.2, 0.25) is 0 Å². The van der Waals surface area contributed by atoms with E-state index in [2.05, 4.69) is 44.7 Å². The van der Waals surface area contributed by atoms with Gasteiger partial charge >= 0.3 is 0 Å². The van der Waals surface area contributed by atoms with Crippen LogP contribution in [0, 0.1) is 5.82 Å². The Morgan fingerprint density at radius 3 is 2.65 bits per heavy atom. The molecule has 0 bridgehead atoms. The molecule has 162 valence electrons. The fourth-order valence-electron chi connectivity index (χ4n) is 4.50. The summed E-state index contributed by atoms with van der Waals surface area (Å²) in [5.74, 6) is 0.778. The molecule has 9 nitrogen and oxygen atoms in total. The summed E-state index contributed by atoms with van der Waals surface area (Å²) in [5, 5.41) is 19.1. The van der Waals surface area contributed by atoms with Crippen LogP contribution in [0.1, 0.15) is 13.8 Å². The molecular formula is C21H25FN8O. The first-order chi connectivity index (χ1) is 14.8. The minimum atomic E-state index is -0.433. The number of aromatic amines is 1. The van der Waals surface area contributed by atoms with Crippen LogP contribution < -0.4 is 21.1 Å². The second-order valence-electron chi connectivity index (χ2n) is 8.43. The lowest BCUT2D eigenvalue weighted by molar-refractivity contribution is 0.403. The van der Waals surface area contributed by atoms with E-state index in [-0.39, 0.29) is 5.56 Å². The second-order valence-corrected chi connectivity index (χ2v) is 8.43. The van der Waals surface area contributed by atoms with Crippen LogP contribution in [0.15, 0.2) is 29.2 Å². The topological polar surface area (TPSA) is 95.8 Å². The van der Waals surface area contributed by atoms with Gasteiger partial charge in [-0.3, -0.25) is 19.1 Å². The number of pyridine rings is 1. The number of halogens is 1. The summed E-state index contributed by atoms with van der Waals surface area (Å²) in [6.07, 6.45) is 1.74. The van der Waals surface area contributed by atoms with Crippen LogP contribution in [0.5, 0.6) is 0 Å². The van der Waals surface area contributed by atoms with Gasteiger partial charge < -0.3 is 15.5 Å². The van der Waals surface area contributed by atoms with Gasteiger partial charge in [-0.05, 0) is 26.0 Å². The molecule has 1 aliphatic rings. The molecule has 5 rings (SSSR count). The molecular weight excluding hydrogens is 399 g/mol. The lowest BCUT2D eigenvalue weighted by Crippen LogP contribution is -2.55. The van der Waals surface area contributed by atoms with Gasteiger partial charge in [0.05, 0.1) is 5.52 Å². The minimum Gasteiger partial charge on any atom is -0.355 e. The average Bonchev–Trinajstić information content (AvgIpc) is 3.27. The Hall–Kier alpha value is -3.40. The number of piperazine rings is 1. The number of anilines is 3. The van der Waals surface area contributed by atoms with Crippen molar-refractivity contribution in [2.75, 3.05) is 23.3 Å². The molecule has 4 aromatic rings. The van der Waals surface area contributed by atoms with Gasteiger partial charge in [0.15, 0.2) is 11.6 Å². The summed E-state index contributed by atoms with van der Waals surface area (Å²) in [6, 6.07) is 5.74. The first-order valence-electron chi connectivity index (χ1n) is 10.3. The van der Waals surface area contributed by atoms with Crippen LogP contribution in [0.4, 0.5) is 21.7 Å². The number of hydrogen-bond donors (Lipinski definition) is 3. The number of hydrogen-bond acceptors (Lipinski definition) is 6. The molecule has 10 heteroatoms. The van der Waals surface area contributed by atoms with Crippen LogP contribution in [-0.4, -0.2) is 49.7 Å². The first kappa shape index (κ1) is 19.6. The van der Waals surface area contributed by atoms with Crippen molar-refractivity contribution < 1.29 is 4.39 Å². The highest BCUT2D eigenvalue weighted by atomic mass is 19.1.